The van der Waals surface area contributed by atoms with Crippen LogP contribution in [0.15, 0.2) is 50.9 Å². The molecule has 2 rings (SSSR count). The van der Waals surface area contributed by atoms with Crippen molar-refractivity contribution in [3.05, 3.63) is 51.6 Å². The summed E-state index contributed by atoms with van der Waals surface area (Å²) in [5.74, 6) is 0. The zero-order valence-corrected chi connectivity index (χ0v) is 12.9. The Balaban J connectivity index is 2.31. The molecule has 0 fully saturated rings. The van der Waals surface area contributed by atoms with E-state index in [0.717, 1.165) is 26.0 Å². The van der Waals surface area contributed by atoms with Crippen LogP contribution in [-0.2, 0) is 6.54 Å². The zero-order chi connectivity index (χ0) is 13.0. The predicted molar refractivity (Wildman–Crippen MR) is 80.3 cm³/mol. The summed E-state index contributed by atoms with van der Waals surface area (Å²) in [5, 5.41) is 4.86. The van der Waals surface area contributed by atoms with Crippen LogP contribution in [0.3, 0.4) is 0 Å². The summed E-state index contributed by atoms with van der Waals surface area (Å²) in [6.07, 6.45) is 1.79. The Morgan fingerprint density at radius 2 is 2.22 bits per heavy atom. The standard InChI is InChI=1S/C13H12BrClN2S/c1-16-8-9-7-10(15)4-5-12(9)18-13-11(14)3-2-6-17-13/h2-7,16H,8H2,1H3. The van der Waals surface area contributed by atoms with Crippen LogP contribution in [0.25, 0.3) is 0 Å². The van der Waals surface area contributed by atoms with Gasteiger partial charge in [-0.1, -0.05) is 23.4 Å². The van der Waals surface area contributed by atoms with Crippen molar-refractivity contribution in [2.45, 2.75) is 16.5 Å². The van der Waals surface area contributed by atoms with Gasteiger partial charge in [-0.05, 0) is 58.9 Å². The van der Waals surface area contributed by atoms with Gasteiger partial charge in [-0.15, -0.1) is 0 Å². The van der Waals surface area contributed by atoms with Crippen LogP contribution in [0.4, 0.5) is 0 Å². The lowest BCUT2D eigenvalue weighted by Crippen LogP contribution is -2.06. The lowest BCUT2D eigenvalue weighted by molar-refractivity contribution is 0.803. The molecule has 0 bridgehead atoms. The van der Waals surface area contributed by atoms with Gasteiger partial charge in [-0.3, -0.25) is 0 Å². The number of nitrogens with one attached hydrogen (secondary N) is 1. The minimum Gasteiger partial charge on any atom is -0.316 e. The van der Waals surface area contributed by atoms with Gasteiger partial charge < -0.3 is 5.32 Å². The van der Waals surface area contributed by atoms with E-state index in [1.807, 2.05) is 37.4 Å². The number of aromatic nitrogens is 1. The number of benzene rings is 1. The van der Waals surface area contributed by atoms with Gasteiger partial charge in [0.2, 0.25) is 0 Å². The Hall–Kier alpha value is -0.550. The molecule has 1 N–H and O–H groups in total. The fourth-order valence-electron chi connectivity index (χ4n) is 1.53. The summed E-state index contributed by atoms with van der Waals surface area (Å²) >= 11 is 11.2. The molecule has 0 saturated carbocycles. The number of nitrogens with zero attached hydrogens (tertiary/aromatic N) is 1. The molecule has 1 aromatic carbocycles. The Morgan fingerprint density at radius 1 is 1.39 bits per heavy atom. The van der Waals surface area contributed by atoms with Crippen LogP contribution in [0.5, 0.6) is 0 Å². The van der Waals surface area contributed by atoms with Gasteiger partial charge in [0.05, 0.1) is 4.47 Å². The molecule has 0 aliphatic rings. The highest BCUT2D eigenvalue weighted by molar-refractivity contribution is 9.10. The largest absolute Gasteiger partial charge is 0.316 e. The molecule has 94 valence electrons. The van der Waals surface area contributed by atoms with Gasteiger partial charge >= 0.3 is 0 Å². The van der Waals surface area contributed by atoms with E-state index in [2.05, 4.69) is 26.2 Å². The summed E-state index contributed by atoms with van der Waals surface area (Å²) in [4.78, 5) is 5.52. The average molecular weight is 344 g/mol. The number of pyridine rings is 1. The first kappa shape index (κ1) is 13.9. The molecular weight excluding hydrogens is 332 g/mol. The van der Waals surface area contributed by atoms with E-state index in [-0.39, 0.29) is 0 Å². The third-order valence-electron chi connectivity index (χ3n) is 2.32. The van der Waals surface area contributed by atoms with E-state index in [1.165, 1.54) is 5.56 Å². The monoisotopic (exact) mass is 342 g/mol. The van der Waals surface area contributed by atoms with E-state index >= 15 is 0 Å². The van der Waals surface area contributed by atoms with E-state index in [4.69, 9.17) is 11.6 Å². The molecule has 0 radical (unpaired) electrons. The molecule has 0 spiro atoms. The molecule has 2 aromatic rings. The van der Waals surface area contributed by atoms with Crippen LogP contribution < -0.4 is 5.32 Å². The van der Waals surface area contributed by atoms with Gasteiger partial charge in [0.15, 0.2) is 0 Å². The van der Waals surface area contributed by atoms with Gasteiger partial charge in [0.25, 0.3) is 0 Å². The molecule has 1 aromatic heterocycles. The minimum atomic E-state index is 0.754. The maximum atomic E-state index is 6.02. The SMILES string of the molecule is CNCc1cc(Cl)ccc1Sc1ncccc1Br. The topological polar surface area (TPSA) is 24.9 Å². The van der Waals surface area contributed by atoms with Crippen molar-refractivity contribution in [3.8, 4) is 0 Å². The molecule has 0 unspecified atom stereocenters. The third kappa shape index (κ3) is 3.48. The highest BCUT2D eigenvalue weighted by atomic mass is 79.9. The summed E-state index contributed by atoms with van der Waals surface area (Å²) in [7, 11) is 1.92. The maximum Gasteiger partial charge on any atom is 0.115 e. The quantitative estimate of drug-likeness (QED) is 0.892. The number of halogens is 2. The molecule has 0 atom stereocenters. The molecular formula is C13H12BrClN2S. The van der Waals surface area contributed by atoms with Crippen molar-refractivity contribution in [2.24, 2.45) is 0 Å². The zero-order valence-electron chi connectivity index (χ0n) is 9.78. The van der Waals surface area contributed by atoms with Crippen LogP contribution in [-0.4, -0.2) is 12.0 Å². The normalized spacial score (nSPS) is 10.6. The van der Waals surface area contributed by atoms with E-state index < -0.39 is 0 Å². The van der Waals surface area contributed by atoms with Crippen molar-refractivity contribution in [3.63, 3.8) is 0 Å². The summed E-state index contributed by atoms with van der Waals surface area (Å²) < 4.78 is 1.00. The van der Waals surface area contributed by atoms with Crippen molar-refractivity contribution in [1.29, 1.82) is 0 Å². The first-order valence-corrected chi connectivity index (χ1v) is 7.41. The second-order valence-electron chi connectivity index (χ2n) is 3.67. The number of rotatable bonds is 4. The Bertz CT molecular complexity index is 548. The van der Waals surface area contributed by atoms with Crippen molar-refractivity contribution < 1.29 is 0 Å². The van der Waals surface area contributed by atoms with Gasteiger partial charge in [0.1, 0.15) is 5.03 Å². The van der Waals surface area contributed by atoms with E-state index in [1.54, 1.807) is 18.0 Å². The third-order valence-corrected chi connectivity index (χ3v) is 4.60. The Morgan fingerprint density at radius 3 is 2.94 bits per heavy atom. The molecule has 0 saturated heterocycles. The number of hydrogen-bond acceptors (Lipinski definition) is 3. The highest BCUT2D eigenvalue weighted by Gasteiger charge is 2.08. The molecule has 0 amide bonds. The summed E-state index contributed by atoms with van der Waals surface area (Å²) in [6.45, 7) is 0.785. The summed E-state index contributed by atoms with van der Waals surface area (Å²) in [6, 6.07) is 9.81. The van der Waals surface area contributed by atoms with Crippen LogP contribution in [0, 0.1) is 0 Å². The molecule has 0 aliphatic carbocycles. The first-order valence-electron chi connectivity index (χ1n) is 5.42. The Labute approximate surface area is 124 Å². The molecule has 5 heteroatoms. The molecule has 18 heavy (non-hydrogen) atoms. The van der Waals surface area contributed by atoms with Gasteiger partial charge in [-0.25, -0.2) is 4.98 Å². The smallest absolute Gasteiger partial charge is 0.115 e. The van der Waals surface area contributed by atoms with E-state index in [0.29, 0.717) is 0 Å². The van der Waals surface area contributed by atoms with E-state index in [9.17, 15) is 0 Å². The summed E-state index contributed by atoms with van der Waals surface area (Å²) in [5.41, 5.74) is 1.17. The number of hydrogen-bond donors (Lipinski definition) is 1. The van der Waals surface area contributed by atoms with Gasteiger partial charge in [-0.2, -0.15) is 0 Å². The lowest BCUT2D eigenvalue weighted by atomic mass is 10.2. The maximum absolute atomic E-state index is 6.02. The predicted octanol–water partition coefficient (Wildman–Crippen LogP) is 4.37. The van der Waals surface area contributed by atoms with Crippen LogP contribution in [0.2, 0.25) is 5.02 Å². The second-order valence-corrected chi connectivity index (χ2v) is 6.00. The molecule has 2 nitrogen and oxygen atoms in total. The highest BCUT2D eigenvalue weighted by Crippen LogP contribution is 2.34. The Kier molecular flexibility index (Phi) is 5.06. The fraction of sp³-hybridized carbons (Fsp3) is 0.154. The second kappa shape index (κ2) is 6.57. The van der Waals surface area contributed by atoms with Crippen molar-refractivity contribution in [1.82, 2.24) is 10.3 Å². The lowest BCUT2D eigenvalue weighted by Gasteiger charge is -2.09. The fourth-order valence-corrected chi connectivity index (χ4v) is 3.10. The van der Waals surface area contributed by atoms with Crippen LogP contribution in [0.1, 0.15) is 5.56 Å². The van der Waals surface area contributed by atoms with Crippen molar-refractivity contribution in [2.75, 3.05) is 7.05 Å². The van der Waals surface area contributed by atoms with Gasteiger partial charge in [0, 0.05) is 22.7 Å². The van der Waals surface area contributed by atoms with Crippen molar-refractivity contribution >= 4 is 39.3 Å². The average Bonchev–Trinajstić information content (AvgIpc) is 2.35. The molecule has 1 heterocycles. The van der Waals surface area contributed by atoms with Crippen LogP contribution >= 0.6 is 39.3 Å². The minimum absolute atomic E-state index is 0.754. The first-order chi connectivity index (χ1) is 8.70. The molecule has 0 aliphatic heterocycles.